The number of amides is 2. The molecule has 0 aliphatic rings. The first-order valence-electron chi connectivity index (χ1n) is 12.4. The zero-order chi connectivity index (χ0) is 25.9. The van der Waals surface area contributed by atoms with Gasteiger partial charge in [0.15, 0.2) is 0 Å². The van der Waals surface area contributed by atoms with Crippen molar-refractivity contribution in [2.75, 3.05) is 5.75 Å². The van der Waals surface area contributed by atoms with E-state index in [2.05, 4.69) is 5.32 Å². The van der Waals surface area contributed by atoms with Crippen LogP contribution in [0.25, 0.3) is 0 Å². The van der Waals surface area contributed by atoms with Gasteiger partial charge in [0, 0.05) is 41.1 Å². The maximum absolute atomic E-state index is 13.7. The number of carbonyl (C=O) groups excluding carboxylic acids is 2. The topological polar surface area (TPSA) is 49.4 Å². The summed E-state index contributed by atoms with van der Waals surface area (Å²) in [4.78, 5) is 30.1. The molecule has 190 valence electrons. The van der Waals surface area contributed by atoms with E-state index < -0.39 is 6.04 Å². The van der Waals surface area contributed by atoms with Crippen LogP contribution >= 0.6 is 23.4 Å². The van der Waals surface area contributed by atoms with E-state index in [0.717, 1.165) is 28.0 Å². The molecule has 0 aromatic heterocycles. The SMILES string of the molecule is CCC(C)NC(=O)C(Cc1ccccc1)N(Cc1ccccc1C)C(=O)CCSc1ccc(Cl)cc1. The quantitative estimate of drug-likeness (QED) is 0.270. The molecule has 0 saturated carbocycles. The molecule has 0 fully saturated rings. The van der Waals surface area contributed by atoms with Crippen LogP contribution in [0.15, 0.2) is 83.8 Å². The summed E-state index contributed by atoms with van der Waals surface area (Å²) >= 11 is 7.61. The first-order chi connectivity index (χ1) is 17.4. The lowest BCUT2D eigenvalue weighted by Gasteiger charge is -2.32. The number of aryl methyl sites for hydroxylation is 1. The number of benzene rings is 3. The van der Waals surface area contributed by atoms with E-state index >= 15 is 0 Å². The maximum Gasteiger partial charge on any atom is 0.243 e. The second-order valence-electron chi connectivity index (χ2n) is 9.02. The van der Waals surface area contributed by atoms with Crippen molar-refractivity contribution in [3.63, 3.8) is 0 Å². The van der Waals surface area contributed by atoms with Crippen LogP contribution < -0.4 is 5.32 Å². The van der Waals surface area contributed by atoms with Gasteiger partial charge in [-0.25, -0.2) is 0 Å². The molecular weight excluding hydrogens is 488 g/mol. The van der Waals surface area contributed by atoms with E-state index in [4.69, 9.17) is 11.6 Å². The Labute approximate surface area is 224 Å². The highest BCUT2D eigenvalue weighted by Crippen LogP contribution is 2.23. The van der Waals surface area contributed by atoms with Crippen LogP contribution in [0.2, 0.25) is 5.02 Å². The number of hydrogen-bond donors (Lipinski definition) is 1. The number of hydrogen-bond acceptors (Lipinski definition) is 3. The highest BCUT2D eigenvalue weighted by molar-refractivity contribution is 7.99. The minimum atomic E-state index is -0.603. The second-order valence-corrected chi connectivity index (χ2v) is 10.6. The van der Waals surface area contributed by atoms with E-state index in [0.29, 0.717) is 30.2 Å². The number of carbonyl (C=O) groups is 2. The zero-order valence-corrected chi connectivity index (χ0v) is 22.8. The molecule has 2 unspecified atom stereocenters. The van der Waals surface area contributed by atoms with Gasteiger partial charge in [0.1, 0.15) is 6.04 Å². The highest BCUT2D eigenvalue weighted by atomic mass is 35.5. The second kappa shape index (κ2) is 14.1. The Bertz CT molecular complexity index is 1120. The Morgan fingerprint density at radius 3 is 2.31 bits per heavy atom. The third-order valence-electron chi connectivity index (χ3n) is 6.27. The van der Waals surface area contributed by atoms with E-state index in [1.165, 1.54) is 0 Å². The van der Waals surface area contributed by atoms with Crippen LogP contribution in [0.4, 0.5) is 0 Å². The van der Waals surface area contributed by atoms with Crippen LogP contribution in [0.1, 0.15) is 43.4 Å². The van der Waals surface area contributed by atoms with Gasteiger partial charge in [0.25, 0.3) is 0 Å². The third-order valence-corrected chi connectivity index (χ3v) is 7.54. The van der Waals surface area contributed by atoms with E-state index in [1.807, 2.05) is 99.6 Å². The third kappa shape index (κ3) is 8.42. The van der Waals surface area contributed by atoms with Crippen LogP contribution in [0.3, 0.4) is 0 Å². The van der Waals surface area contributed by atoms with Gasteiger partial charge in [0.05, 0.1) is 0 Å². The molecule has 0 radical (unpaired) electrons. The summed E-state index contributed by atoms with van der Waals surface area (Å²) in [5.41, 5.74) is 3.18. The van der Waals surface area contributed by atoms with Crippen molar-refractivity contribution in [1.29, 1.82) is 0 Å². The summed E-state index contributed by atoms with van der Waals surface area (Å²) in [6.45, 7) is 6.47. The van der Waals surface area contributed by atoms with Gasteiger partial charge in [-0.05, 0) is 61.2 Å². The van der Waals surface area contributed by atoms with Crippen LogP contribution in [-0.4, -0.2) is 34.6 Å². The number of rotatable bonds is 12. The summed E-state index contributed by atoms with van der Waals surface area (Å²) in [5.74, 6) is 0.482. The van der Waals surface area contributed by atoms with E-state index in [-0.39, 0.29) is 17.9 Å². The molecule has 6 heteroatoms. The van der Waals surface area contributed by atoms with Crippen molar-refractivity contribution in [3.8, 4) is 0 Å². The van der Waals surface area contributed by atoms with Crippen molar-refractivity contribution in [2.45, 2.75) is 63.6 Å². The zero-order valence-electron chi connectivity index (χ0n) is 21.2. The monoisotopic (exact) mass is 522 g/mol. The Hall–Kier alpha value is -2.76. The summed E-state index contributed by atoms with van der Waals surface area (Å²) in [6, 6.07) is 25.0. The lowest BCUT2D eigenvalue weighted by atomic mass is 10.0. The van der Waals surface area contributed by atoms with E-state index in [9.17, 15) is 9.59 Å². The average Bonchev–Trinajstić information content (AvgIpc) is 2.88. The van der Waals surface area contributed by atoms with Crippen LogP contribution in [-0.2, 0) is 22.6 Å². The van der Waals surface area contributed by atoms with Crippen LogP contribution in [0, 0.1) is 6.92 Å². The number of nitrogens with one attached hydrogen (secondary N) is 1. The standard InChI is InChI=1S/C30H35ClN2O2S/c1-4-23(3)32-30(35)28(20-24-11-6-5-7-12-24)33(21-25-13-9-8-10-22(25)2)29(34)18-19-36-27-16-14-26(31)15-17-27/h5-17,23,28H,4,18-21H2,1-3H3,(H,32,35). The Balaban J connectivity index is 1.86. The van der Waals surface area contributed by atoms with Crippen molar-refractivity contribution < 1.29 is 9.59 Å². The molecule has 36 heavy (non-hydrogen) atoms. The Morgan fingerprint density at radius 2 is 1.64 bits per heavy atom. The van der Waals surface area contributed by atoms with Crippen molar-refractivity contribution in [1.82, 2.24) is 10.2 Å². The summed E-state index contributed by atoms with van der Waals surface area (Å²) in [6.07, 6.45) is 1.62. The molecule has 0 heterocycles. The fourth-order valence-corrected chi connectivity index (χ4v) is 4.86. The van der Waals surface area contributed by atoms with Crippen LogP contribution in [0.5, 0.6) is 0 Å². The number of halogens is 1. The van der Waals surface area contributed by atoms with Crippen molar-refractivity contribution in [2.24, 2.45) is 0 Å². The molecule has 0 bridgehead atoms. The Morgan fingerprint density at radius 1 is 0.972 bits per heavy atom. The number of thioether (sulfide) groups is 1. The van der Waals surface area contributed by atoms with Gasteiger partial charge >= 0.3 is 0 Å². The largest absolute Gasteiger partial charge is 0.352 e. The highest BCUT2D eigenvalue weighted by Gasteiger charge is 2.31. The summed E-state index contributed by atoms with van der Waals surface area (Å²) in [5, 5.41) is 3.81. The predicted octanol–water partition coefficient (Wildman–Crippen LogP) is 6.69. The summed E-state index contributed by atoms with van der Waals surface area (Å²) in [7, 11) is 0. The molecule has 2 atom stereocenters. The Kier molecular flexibility index (Phi) is 10.9. The average molecular weight is 523 g/mol. The fraction of sp³-hybridized carbons (Fsp3) is 0.333. The van der Waals surface area contributed by atoms with Crippen molar-refractivity contribution >= 4 is 35.2 Å². The predicted molar refractivity (Wildman–Crippen MR) is 150 cm³/mol. The molecule has 2 amide bonds. The number of nitrogens with zero attached hydrogens (tertiary/aromatic N) is 1. The molecule has 0 saturated heterocycles. The molecule has 0 aliphatic heterocycles. The first kappa shape index (κ1) is 27.8. The van der Waals surface area contributed by atoms with Gasteiger partial charge in [-0.1, -0.05) is 73.1 Å². The van der Waals surface area contributed by atoms with Crippen molar-refractivity contribution in [3.05, 3.63) is 101 Å². The first-order valence-corrected chi connectivity index (χ1v) is 13.8. The molecule has 0 aliphatic carbocycles. The maximum atomic E-state index is 13.7. The minimum absolute atomic E-state index is 0.0278. The molecule has 0 spiro atoms. The molecule has 1 N–H and O–H groups in total. The van der Waals surface area contributed by atoms with Gasteiger partial charge in [-0.3, -0.25) is 9.59 Å². The van der Waals surface area contributed by atoms with Gasteiger partial charge < -0.3 is 10.2 Å². The van der Waals surface area contributed by atoms with Gasteiger partial charge in [0.2, 0.25) is 11.8 Å². The molecular formula is C30H35ClN2O2S. The van der Waals surface area contributed by atoms with Gasteiger partial charge in [-0.15, -0.1) is 11.8 Å². The normalized spacial score (nSPS) is 12.6. The van der Waals surface area contributed by atoms with E-state index in [1.54, 1.807) is 16.7 Å². The lowest BCUT2D eigenvalue weighted by Crippen LogP contribution is -2.52. The molecule has 3 aromatic rings. The van der Waals surface area contributed by atoms with Gasteiger partial charge in [-0.2, -0.15) is 0 Å². The smallest absolute Gasteiger partial charge is 0.243 e. The summed E-state index contributed by atoms with van der Waals surface area (Å²) < 4.78 is 0. The minimum Gasteiger partial charge on any atom is -0.352 e. The molecule has 3 rings (SSSR count). The molecule has 3 aromatic carbocycles. The molecule has 4 nitrogen and oxygen atoms in total. The lowest BCUT2D eigenvalue weighted by molar-refractivity contribution is -0.141. The fourth-order valence-electron chi connectivity index (χ4n) is 3.90.